The van der Waals surface area contributed by atoms with E-state index in [2.05, 4.69) is 0 Å². The molecular formula is C10H15NOS. The van der Waals surface area contributed by atoms with Crippen molar-refractivity contribution in [2.24, 2.45) is 5.73 Å². The van der Waals surface area contributed by atoms with Gasteiger partial charge < -0.3 is 10.8 Å². The van der Waals surface area contributed by atoms with Crippen LogP contribution in [-0.2, 0) is 5.54 Å². The van der Waals surface area contributed by atoms with Crippen LogP contribution in [0, 0.1) is 0 Å². The molecule has 0 unspecified atom stereocenters. The smallest absolute Gasteiger partial charge is 0.0650 e. The Bertz CT molecular complexity index is 286. The van der Waals surface area contributed by atoms with E-state index in [0.29, 0.717) is 0 Å². The first-order valence-corrected chi connectivity index (χ1v) is 5.37. The Labute approximate surface area is 83.1 Å². The minimum atomic E-state index is -0.639. The average Bonchev–Trinajstić information content (AvgIpc) is 2.18. The number of thioether (sulfide) groups is 1. The Morgan fingerprint density at radius 1 is 1.46 bits per heavy atom. The van der Waals surface area contributed by atoms with Gasteiger partial charge in [0, 0.05) is 4.90 Å². The third kappa shape index (κ3) is 2.24. The van der Waals surface area contributed by atoms with Gasteiger partial charge in [-0.2, -0.15) is 0 Å². The minimum absolute atomic E-state index is 0.0371. The second-order valence-electron chi connectivity index (χ2n) is 3.28. The van der Waals surface area contributed by atoms with E-state index in [-0.39, 0.29) is 6.61 Å². The van der Waals surface area contributed by atoms with E-state index >= 15 is 0 Å². The summed E-state index contributed by atoms with van der Waals surface area (Å²) in [7, 11) is 0. The highest BCUT2D eigenvalue weighted by Crippen LogP contribution is 2.27. The van der Waals surface area contributed by atoms with E-state index in [9.17, 15) is 0 Å². The van der Waals surface area contributed by atoms with Gasteiger partial charge in [0.05, 0.1) is 12.1 Å². The fourth-order valence-corrected chi connectivity index (χ4v) is 1.94. The maximum atomic E-state index is 9.13. The highest BCUT2D eigenvalue weighted by atomic mass is 32.2. The molecule has 0 amide bonds. The first kappa shape index (κ1) is 10.6. The first-order chi connectivity index (χ1) is 6.11. The van der Waals surface area contributed by atoms with Gasteiger partial charge >= 0.3 is 0 Å². The third-order valence-corrected chi connectivity index (χ3v) is 2.85. The molecule has 0 radical (unpaired) electrons. The molecule has 1 rings (SSSR count). The summed E-state index contributed by atoms with van der Waals surface area (Å²) >= 11 is 1.65. The quantitative estimate of drug-likeness (QED) is 0.723. The van der Waals surface area contributed by atoms with Crippen molar-refractivity contribution in [1.82, 2.24) is 0 Å². The van der Waals surface area contributed by atoms with E-state index < -0.39 is 5.54 Å². The molecule has 0 aliphatic carbocycles. The van der Waals surface area contributed by atoms with Crippen LogP contribution < -0.4 is 5.73 Å². The van der Waals surface area contributed by atoms with E-state index in [4.69, 9.17) is 10.8 Å². The van der Waals surface area contributed by atoms with Crippen molar-refractivity contribution in [2.45, 2.75) is 17.4 Å². The van der Waals surface area contributed by atoms with E-state index in [1.54, 1.807) is 11.8 Å². The Kier molecular flexibility index (Phi) is 3.36. The van der Waals surface area contributed by atoms with Gasteiger partial charge in [0.25, 0.3) is 0 Å². The highest BCUT2D eigenvalue weighted by molar-refractivity contribution is 7.98. The number of nitrogens with two attached hydrogens (primary N) is 1. The number of aliphatic hydroxyl groups is 1. The summed E-state index contributed by atoms with van der Waals surface area (Å²) in [5.41, 5.74) is 6.32. The lowest BCUT2D eigenvalue weighted by Crippen LogP contribution is -2.37. The molecule has 0 spiro atoms. The van der Waals surface area contributed by atoms with Crippen LogP contribution in [0.25, 0.3) is 0 Å². The van der Waals surface area contributed by atoms with Gasteiger partial charge in [-0.3, -0.25) is 0 Å². The number of hydrogen-bond acceptors (Lipinski definition) is 3. The normalized spacial score (nSPS) is 15.4. The lowest BCUT2D eigenvalue weighted by Gasteiger charge is -2.24. The molecule has 0 bridgehead atoms. The molecule has 0 saturated carbocycles. The summed E-state index contributed by atoms with van der Waals surface area (Å²) in [6.45, 7) is 1.80. The predicted molar refractivity (Wildman–Crippen MR) is 56.8 cm³/mol. The Morgan fingerprint density at radius 3 is 2.62 bits per heavy atom. The maximum absolute atomic E-state index is 9.13. The van der Waals surface area contributed by atoms with Gasteiger partial charge in [0.15, 0.2) is 0 Å². The van der Waals surface area contributed by atoms with Crippen LogP contribution in [0.15, 0.2) is 29.2 Å². The zero-order chi connectivity index (χ0) is 9.90. The summed E-state index contributed by atoms with van der Waals surface area (Å²) < 4.78 is 0. The van der Waals surface area contributed by atoms with Crippen LogP contribution in [0.5, 0.6) is 0 Å². The fraction of sp³-hybridized carbons (Fsp3) is 0.400. The summed E-state index contributed by atoms with van der Waals surface area (Å²) in [5, 5.41) is 9.13. The highest BCUT2D eigenvalue weighted by Gasteiger charge is 2.22. The molecule has 0 fully saturated rings. The molecule has 0 aromatic heterocycles. The number of aliphatic hydroxyl groups excluding tert-OH is 1. The number of benzene rings is 1. The van der Waals surface area contributed by atoms with Crippen molar-refractivity contribution in [3.05, 3.63) is 29.8 Å². The largest absolute Gasteiger partial charge is 0.394 e. The Balaban J connectivity index is 3.12. The molecule has 1 atom stereocenters. The van der Waals surface area contributed by atoms with Crippen molar-refractivity contribution >= 4 is 11.8 Å². The zero-order valence-electron chi connectivity index (χ0n) is 7.95. The second kappa shape index (κ2) is 4.13. The van der Waals surface area contributed by atoms with Gasteiger partial charge in [-0.25, -0.2) is 0 Å². The summed E-state index contributed by atoms with van der Waals surface area (Å²) in [6, 6.07) is 7.89. The summed E-state index contributed by atoms with van der Waals surface area (Å²) in [6.07, 6.45) is 2.01. The van der Waals surface area contributed by atoms with Gasteiger partial charge in [0.1, 0.15) is 0 Å². The van der Waals surface area contributed by atoms with Crippen LogP contribution in [-0.4, -0.2) is 18.0 Å². The van der Waals surface area contributed by atoms with Crippen molar-refractivity contribution < 1.29 is 5.11 Å². The van der Waals surface area contributed by atoms with Crippen molar-refractivity contribution in [3.63, 3.8) is 0 Å². The predicted octanol–water partition coefficient (Wildman–Crippen LogP) is 1.57. The van der Waals surface area contributed by atoms with Crippen molar-refractivity contribution in [1.29, 1.82) is 0 Å². The SMILES string of the molecule is CSc1ccccc1[C@@](C)(N)CO. The monoisotopic (exact) mass is 197 g/mol. The molecule has 1 aromatic carbocycles. The molecule has 13 heavy (non-hydrogen) atoms. The molecule has 0 aliphatic heterocycles. The number of rotatable bonds is 3. The zero-order valence-corrected chi connectivity index (χ0v) is 8.77. The lowest BCUT2D eigenvalue weighted by molar-refractivity contribution is 0.208. The van der Waals surface area contributed by atoms with E-state index in [0.717, 1.165) is 10.5 Å². The Morgan fingerprint density at radius 2 is 2.08 bits per heavy atom. The molecule has 3 N–H and O–H groups in total. The summed E-state index contributed by atoms with van der Waals surface area (Å²) in [5.74, 6) is 0. The van der Waals surface area contributed by atoms with Gasteiger partial charge in [0.2, 0.25) is 0 Å². The number of hydrogen-bond donors (Lipinski definition) is 2. The first-order valence-electron chi connectivity index (χ1n) is 4.15. The van der Waals surface area contributed by atoms with Gasteiger partial charge in [-0.1, -0.05) is 18.2 Å². The van der Waals surface area contributed by atoms with Gasteiger partial charge in [-0.15, -0.1) is 11.8 Å². The molecule has 0 aliphatic rings. The maximum Gasteiger partial charge on any atom is 0.0650 e. The van der Waals surface area contributed by atoms with Crippen LogP contribution in [0.3, 0.4) is 0 Å². The standard InChI is InChI=1S/C10H15NOS/c1-10(11,7-12)8-5-3-4-6-9(8)13-2/h3-6,12H,7,11H2,1-2H3/t10-/m0/s1. The van der Waals surface area contributed by atoms with Crippen molar-refractivity contribution in [3.8, 4) is 0 Å². The average molecular weight is 197 g/mol. The lowest BCUT2D eigenvalue weighted by atomic mass is 9.94. The third-order valence-electron chi connectivity index (χ3n) is 2.05. The van der Waals surface area contributed by atoms with Crippen molar-refractivity contribution in [2.75, 3.05) is 12.9 Å². The van der Waals surface area contributed by atoms with Gasteiger partial charge in [-0.05, 0) is 24.8 Å². The van der Waals surface area contributed by atoms with Crippen LogP contribution >= 0.6 is 11.8 Å². The molecule has 2 nitrogen and oxygen atoms in total. The minimum Gasteiger partial charge on any atom is -0.394 e. The molecule has 1 aromatic rings. The second-order valence-corrected chi connectivity index (χ2v) is 4.12. The van der Waals surface area contributed by atoms with E-state index in [1.807, 2.05) is 37.4 Å². The Hall–Kier alpha value is -0.510. The van der Waals surface area contributed by atoms with Crippen LogP contribution in [0.1, 0.15) is 12.5 Å². The topological polar surface area (TPSA) is 46.2 Å². The molecule has 72 valence electrons. The summed E-state index contributed by atoms with van der Waals surface area (Å²) in [4.78, 5) is 1.13. The molecular weight excluding hydrogens is 182 g/mol. The molecule has 0 heterocycles. The fourth-order valence-electron chi connectivity index (χ4n) is 1.20. The van der Waals surface area contributed by atoms with E-state index in [1.165, 1.54) is 0 Å². The molecule has 0 saturated heterocycles. The molecule has 3 heteroatoms. The van der Waals surface area contributed by atoms with Crippen LogP contribution in [0.2, 0.25) is 0 Å². The van der Waals surface area contributed by atoms with Crippen LogP contribution in [0.4, 0.5) is 0 Å².